The summed E-state index contributed by atoms with van der Waals surface area (Å²) in [5.41, 5.74) is -1.63. The van der Waals surface area contributed by atoms with E-state index in [1.807, 2.05) is 0 Å². The van der Waals surface area contributed by atoms with Crippen molar-refractivity contribution in [2.75, 3.05) is 13.6 Å². The van der Waals surface area contributed by atoms with E-state index < -0.39 is 29.6 Å². The molecule has 0 spiro atoms. The maximum atomic E-state index is 13.2. The number of likely N-dealkylation sites (N-methyl/N-ethyl adjacent to an activating group) is 1. The molecule has 1 rings (SSSR count). The highest BCUT2D eigenvalue weighted by molar-refractivity contribution is 5.41. The number of nitriles is 1. The zero-order chi connectivity index (χ0) is 11.6. The first-order chi connectivity index (χ1) is 6.86. The van der Waals surface area contributed by atoms with Crippen LogP contribution in [0, 0.1) is 11.3 Å². The summed E-state index contributed by atoms with van der Waals surface area (Å²) in [5.74, 6) is -0.895. The van der Waals surface area contributed by atoms with Gasteiger partial charge in [-0.1, -0.05) is 0 Å². The minimum absolute atomic E-state index is 0.226. The second kappa shape index (κ2) is 3.93. The van der Waals surface area contributed by atoms with E-state index in [1.165, 1.54) is 13.1 Å². The Morgan fingerprint density at radius 3 is 2.60 bits per heavy atom. The van der Waals surface area contributed by atoms with Gasteiger partial charge in [0.2, 0.25) is 0 Å². The number of allylic oxidation sites excluding steroid dienone is 2. The molecule has 0 amide bonds. The Morgan fingerprint density at radius 2 is 2.13 bits per heavy atom. The van der Waals surface area contributed by atoms with Crippen molar-refractivity contribution in [3.63, 3.8) is 0 Å². The first kappa shape index (κ1) is 11.6. The minimum Gasteiger partial charge on any atom is -0.373 e. The average Bonchev–Trinajstić information content (AvgIpc) is 2.07. The van der Waals surface area contributed by atoms with Crippen LogP contribution < -0.4 is 0 Å². The van der Waals surface area contributed by atoms with E-state index in [0.29, 0.717) is 0 Å². The second-order valence-corrected chi connectivity index (χ2v) is 3.17. The molecular weight excluding hydrogens is 212 g/mol. The maximum absolute atomic E-state index is 13.2. The lowest BCUT2D eigenvalue weighted by Gasteiger charge is -2.24. The van der Waals surface area contributed by atoms with E-state index in [-0.39, 0.29) is 6.54 Å². The molecule has 6 heteroatoms. The second-order valence-electron chi connectivity index (χ2n) is 3.17. The summed E-state index contributed by atoms with van der Waals surface area (Å²) in [7, 11) is 1.34. The number of nitrogens with zero attached hydrogens (tertiary/aromatic N) is 2. The molecule has 0 radical (unpaired) electrons. The van der Waals surface area contributed by atoms with E-state index in [2.05, 4.69) is 0 Å². The Hall–Kier alpha value is -1.51. The first-order valence-corrected chi connectivity index (χ1v) is 4.10. The Bertz CT molecular complexity index is 359. The smallest absolute Gasteiger partial charge is 0.373 e. The van der Waals surface area contributed by atoms with Gasteiger partial charge in [0.1, 0.15) is 5.83 Å². The molecule has 0 atom stereocenters. The van der Waals surface area contributed by atoms with Crippen molar-refractivity contribution in [1.82, 2.24) is 4.90 Å². The Kier molecular flexibility index (Phi) is 3.03. The normalized spacial score (nSPS) is 17.6. The molecule has 1 aliphatic heterocycles. The highest BCUT2D eigenvalue weighted by Gasteiger charge is 2.39. The van der Waals surface area contributed by atoms with Crippen LogP contribution in [0.5, 0.6) is 0 Å². The van der Waals surface area contributed by atoms with E-state index in [1.54, 1.807) is 0 Å². The summed E-state index contributed by atoms with van der Waals surface area (Å²) in [5, 5.41) is 8.33. The van der Waals surface area contributed by atoms with Gasteiger partial charge < -0.3 is 4.90 Å². The van der Waals surface area contributed by atoms with Gasteiger partial charge in [0, 0.05) is 18.8 Å². The van der Waals surface area contributed by atoms with Crippen LogP contribution in [0.2, 0.25) is 0 Å². The number of halogens is 4. The lowest BCUT2D eigenvalue weighted by molar-refractivity contribution is -0.0912. The van der Waals surface area contributed by atoms with Crippen molar-refractivity contribution >= 4 is 0 Å². The highest BCUT2D eigenvalue weighted by Crippen LogP contribution is 2.37. The molecule has 0 saturated heterocycles. The zero-order valence-corrected chi connectivity index (χ0v) is 7.90. The molecule has 0 aromatic heterocycles. The predicted octanol–water partition coefficient (Wildman–Crippen LogP) is 2.52. The summed E-state index contributed by atoms with van der Waals surface area (Å²) < 4.78 is 50.6. The van der Waals surface area contributed by atoms with Gasteiger partial charge in [-0.2, -0.15) is 18.4 Å². The van der Waals surface area contributed by atoms with Crippen molar-refractivity contribution in [2.24, 2.45) is 0 Å². The van der Waals surface area contributed by atoms with Gasteiger partial charge in [-0.3, -0.25) is 0 Å². The largest absolute Gasteiger partial charge is 0.418 e. The molecule has 15 heavy (non-hydrogen) atoms. The zero-order valence-electron chi connectivity index (χ0n) is 7.90. The molecule has 0 bridgehead atoms. The van der Waals surface area contributed by atoms with Crippen LogP contribution in [0.1, 0.15) is 6.42 Å². The Balaban J connectivity index is 3.15. The Morgan fingerprint density at radius 1 is 1.53 bits per heavy atom. The van der Waals surface area contributed by atoms with Gasteiger partial charge in [0.15, 0.2) is 0 Å². The lowest BCUT2D eigenvalue weighted by Crippen LogP contribution is -2.26. The summed E-state index contributed by atoms with van der Waals surface area (Å²) in [6, 6.07) is 1.53. The monoisotopic (exact) mass is 220 g/mol. The topological polar surface area (TPSA) is 27.0 Å². The van der Waals surface area contributed by atoms with E-state index in [0.717, 1.165) is 11.1 Å². The molecule has 0 aromatic carbocycles. The quantitative estimate of drug-likeness (QED) is 0.635. The third-order valence-electron chi connectivity index (χ3n) is 1.95. The van der Waals surface area contributed by atoms with Gasteiger partial charge in [-0.05, 0) is 0 Å². The van der Waals surface area contributed by atoms with Gasteiger partial charge in [0.25, 0.3) is 0 Å². The number of hydrogen-bond donors (Lipinski definition) is 0. The summed E-state index contributed by atoms with van der Waals surface area (Å²) >= 11 is 0. The number of rotatable bonds is 1. The van der Waals surface area contributed by atoms with Crippen LogP contribution in [0.3, 0.4) is 0 Å². The van der Waals surface area contributed by atoms with Crippen LogP contribution in [-0.2, 0) is 0 Å². The molecule has 0 unspecified atom stereocenters. The molecule has 0 N–H and O–H groups in total. The van der Waals surface area contributed by atoms with Crippen LogP contribution in [0.4, 0.5) is 17.6 Å². The number of hydrogen-bond acceptors (Lipinski definition) is 2. The fraction of sp³-hybridized carbons (Fsp3) is 0.444. The SMILES string of the molecule is CN1C=C(C(F)(F)F)C(CC#N)=C(F)C1. The lowest BCUT2D eigenvalue weighted by atomic mass is 10.00. The Labute approximate surface area is 84.1 Å². The maximum Gasteiger partial charge on any atom is 0.418 e. The van der Waals surface area contributed by atoms with E-state index in [4.69, 9.17) is 5.26 Å². The fourth-order valence-corrected chi connectivity index (χ4v) is 1.32. The van der Waals surface area contributed by atoms with Gasteiger partial charge in [-0.25, -0.2) is 4.39 Å². The fourth-order valence-electron chi connectivity index (χ4n) is 1.32. The molecule has 0 aliphatic carbocycles. The average molecular weight is 220 g/mol. The van der Waals surface area contributed by atoms with Crippen LogP contribution in [0.25, 0.3) is 0 Å². The minimum atomic E-state index is -4.63. The van der Waals surface area contributed by atoms with Gasteiger partial charge in [0.05, 0.1) is 24.6 Å². The standard InChI is InChI=1S/C9H8F4N2/c1-15-4-7(9(11,12)13)6(2-3-14)8(10)5-15/h4H,2,5H2,1H3. The molecule has 2 nitrogen and oxygen atoms in total. The number of alkyl halides is 3. The van der Waals surface area contributed by atoms with Gasteiger partial charge >= 0.3 is 6.18 Å². The van der Waals surface area contributed by atoms with Crippen molar-refractivity contribution in [2.45, 2.75) is 12.6 Å². The predicted molar refractivity (Wildman–Crippen MR) is 45.1 cm³/mol. The molecule has 82 valence electrons. The molecule has 0 fully saturated rings. The molecular formula is C9H8F4N2. The van der Waals surface area contributed by atoms with Gasteiger partial charge in [-0.15, -0.1) is 0 Å². The molecule has 0 saturated carbocycles. The molecule has 1 heterocycles. The first-order valence-electron chi connectivity index (χ1n) is 4.10. The van der Waals surface area contributed by atoms with E-state index in [9.17, 15) is 17.6 Å². The summed E-state index contributed by atoms with van der Waals surface area (Å²) in [4.78, 5) is 1.10. The summed E-state index contributed by atoms with van der Waals surface area (Å²) in [6.07, 6.45) is -4.38. The van der Waals surface area contributed by atoms with Crippen molar-refractivity contribution in [3.05, 3.63) is 23.2 Å². The van der Waals surface area contributed by atoms with Crippen molar-refractivity contribution in [1.29, 1.82) is 5.26 Å². The van der Waals surface area contributed by atoms with Crippen LogP contribution >= 0.6 is 0 Å². The van der Waals surface area contributed by atoms with Crippen LogP contribution in [0.15, 0.2) is 23.2 Å². The van der Waals surface area contributed by atoms with Crippen molar-refractivity contribution in [3.8, 4) is 6.07 Å². The third kappa shape index (κ3) is 2.49. The highest BCUT2D eigenvalue weighted by atomic mass is 19.4. The third-order valence-corrected chi connectivity index (χ3v) is 1.95. The van der Waals surface area contributed by atoms with Crippen LogP contribution in [-0.4, -0.2) is 24.7 Å². The molecule has 0 aromatic rings. The molecule has 1 aliphatic rings. The summed E-state index contributed by atoms with van der Waals surface area (Å²) in [6.45, 7) is -0.226. The van der Waals surface area contributed by atoms with Crippen molar-refractivity contribution < 1.29 is 17.6 Å². The van der Waals surface area contributed by atoms with E-state index >= 15 is 0 Å².